The number of unbranched alkanes of at least 4 members (excludes halogenated alkanes) is 36. The van der Waals surface area contributed by atoms with Crippen molar-refractivity contribution in [3.05, 3.63) is 10.0 Å². The Bertz CT molecular complexity index is 801. The van der Waals surface area contributed by atoms with E-state index in [1.165, 1.54) is 290 Å². The van der Waals surface area contributed by atoms with Crippen molar-refractivity contribution in [3.63, 3.8) is 0 Å². The maximum Gasteiger partial charge on any atom is 0.117 e. The molecule has 0 saturated carbocycles. The van der Waals surface area contributed by atoms with Crippen LogP contribution in [0.5, 0.6) is 0 Å². The lowest BCUT2D eigenvalue weighted by atomic mass is 10.1. The molecule has 7 heteroatoms. The topological polar surface area (TPSA) is 25.8 Å². The predicted octanol–water partition coefficient (Wildman–Crippen LogP) is 20.0. The van der Waals surface area contributed by atoms with E-state index in [-0.39, 0.29) is 0 Å². The summed E-state index contributed by atoms with van der Waals surface area (Å²) in [5.74, 6) is 5.44. The number of aromatic nitrogens is 2. The predicted molar refractivity (Wildman–Crippen MR) is 273 cm³/mol. The zero-order chi connectivity index (χ0) is 40.6. The molecule has 0 aliphatic rings. The van der Waals surface area contributed by atoms with Gasteiger partial charge in [0.05, 0.1) is 0 Å². The van der Waals surface area contributed by atoms with Crippen LogP contribution in [0.1, 0.15) is 281 Å². The number of nitrogens with zero attached hydrogens (tertiary/aromatic N) is 2. The molecule has 2 nitrogen and oxygen atoms in total. The molecule has 0 atom stereocenters. The monoisotopic (exact) mass is 887 g/mol. The molecule has 0 aromatic carbocycles. The molecule has 1 rings (SSSR count). The molecule has 0 amide bonds. The Kier molecular flexibility index (Phi) is 48.7. The van der Waals surface area contributed by atoms with Crippen LogP contribution in [0.15, 0.2) is 0 Å². The molecule has 0 saturated heterocycles. The van der Waals surface area contributed by atoms with Crippen molar-refractivity contribution in [3.8, 4) is 0 Å². The van der Waals surface area contributed by atoms with Gasteiger partial charge in [0.15, 0.2) is 0 Å². The second-order valence-corrected chi connectivity index (χ2v) is 23.9. The highest BCUT2D eigenvalue weighted by Gasteiger charge is 2.05. The Morgan fingerprint density at radius 1 is 0.263 bits per heavy atom. The van der Waals surface area contributed by atoms with Crippen LogP contribution in [0.4, 0.5) is 0 Å². The summed E-state index contributed by atoms with van der Waals surface area (Å²) >= 11 is 1.89. The first-order valence-electron chi connectivity index (χ1n) is 25.7. The first kappa shape index (κ1) is 56.0. The second kappa shape index (κ2) is 49.6. The minimum absolute atomic E-state index is 1.14. The van der Waals surface area contributed by atoms with Gasteiger partial charge in [-0.2, -0.15) is 0 Å². The van der Waals surface area contributed by atoms with Crippen LogP contribution in [0.25, 0.3) is 0 Å². The zero-order valence-corrected chi connectivity index (χ0v) is 42.5. The summed E-state index contributed by atoms with van der Waals surface area (Å²) in [7, 11) is 8.53. The molecule has 57 heavy (non-hydrogen) atoms. The third-order valence-corrected chi connectivity index (χ3v) is 17.8. The van der Waals surface area contributed by atoms with Gasteiger partial charge in [-0.25, -0.2) is 0 Å². The second-order valence-electron chi connectivity index (χ2n) is 17.3. The van der Waals surface area contributed by atoms with Gasteiger partial charge in [-0.3, -0.25) is 0 Å². The molecule has 0 spiro atoms. The molecular weight excluding hydrogens is 789 g/mol. The van der Waals surface area contributed by atoms with Gasteiger partial charge in [-0.05, 0) is 38.5 Å². The van der Waals surface area contributed by atoms with Crippen molar-refractivity contribution in [2.24, 2.45) is 0 Å². The van der Waals surface area contributed by atoms with Crippen molar-refractivity contribution in [2.45, 2.75) is 284 Å². The Morgan fingerprint density at radius 3 is 0.684 bits per heavy atom. The van der Waals surface area contributed by atoms with E-state index in [2.05, 4.69) is 67.2 Å². The summed E-state index contributed by atoms with van der Waals surface area (Å²) in [6.07, 6.45) is 59.4. The normalized spacial score (nSPS) is 11.7. The molecule has 0 radical (unpaired) electrons. The SMILES string of the molecule is CCCCCCCCCCCCSSCCCCCCCCCCCCc1nnc(CCCCCCCCCCCCSSCCCCCCCCCCCC)s1. The lowest BCUT2D eigenvalue weighted by molar-refractivity contribution is 0.556. The Morgan fingerprint density at radius 2 is 0.456 bits per heavy atom. The molecule has 338 valence electrons. The van der Waals surface area contributed by atoms with Crippen LogP contribution >= 0.6 is 54.5 Å². The van der Waals surface area contributed by atoms with Crippen LogP contribution < -0.4 is 0 Å². The van der Waals surface area contributed by atoms with Gasteiger partial charge in [0.25, 0.3) is 0 Å². The number of hydrogen-bond acceptors (Lipinski definition) is 7. The summed E-state index contributed by atoms with van der Waals surface area (Å²) in [4.78, 5) is 0. The van der Waals surface area contributed by atoms with E-state index < -0.39 is 0 Å². The maximum absolute atomic E-state index is 4.52. The van der Waals surface area contributed by atoms with Crippen LogP contribution in [0.3, 0.4) is 0 Å². The van der Waals surface area contributed by atoms with Gasteiger partial charge in [0, 0.05) is 35.9 Å². The lowest BCUT2D eigenvalue weighted by Gasteiger charge is -2.04. The smallest absolute Gasteiger partial charge is 0.117 e. The number of aryl methyl sites for hydroxylation is 2. The quantitative estimate of drug-likeness (QED) is 0.0478. The van der Waals surface area contributed by atoms with E-state index in [1.807, 2.05) is 11.3 Å². The zero-order valence-electron chi connectivity index (χ0n) is 38.5. The van der Waals surface area contributed by atoms with Gasteiger partial charge in [0.2, 0.25) is 0 Å². The summed E-state index contributed by atoms with van der Waals surface area (Å²) in [5, 5.41) is 11.6. The highest BCUT2D eigenvalue weighted by molar-refractivity contribution is 8.77. The lowest BCUT2D eigenvalue weighted by Crippen LogP contribution is -1.87. The fourth-order valence-electron chi connectivity index (χ4n) is 7.73. The number of rotatable bonds is 50. The first-order valence-corrected chi connectivity index (χ1v) is 31.5. The van der Waals surface area contributed by atoms with E-state index in [4.69, 9.17) is 0 Å². The van der Waals surface area contributed by atoms with E-state index in [0.29, 0.717) is 0 Å². The molecule has 0 N–H and O–H groups in total. The summed E-state index contributed by atoms with van der Waals surface area (Å²) < 4.78 is 0. The van der Waals surface area contributed by atoms with Crippen molar-refractivity contribution in [1.82, 2.24) is 10.2 Å². The highest BCUT2D eigenvalue weighted by Crippen LogP contribution is 2.26. The van der Waals surface area contributed by atoms with Crippen molar-refractivity contribution in [2.75, 3.05) is 23.0 Å². The van der Waals surface area contributed by atoms with Crippen LogP contribution in [-0.4, -0.2) is 33.2 Å². The Balaban J connectivity index is 1.72. The minimum Gasteiger partial charge on any atom is -0.144 e. The summed E-state index contributed by atoms with van der Waals surface area (Å²) in [6, 6.07) is 0. The average molecular weight is 888 g/mol. The summed E-state index contributed by atoms with van der Waals surface area (Å²) in [5.41, 5.74) is 0. The fraction of sp³-hybridized carbons (Fsp3) is 0.960. The van der Waals surface area contributed by atoms with Crippen LogP contribution in [0.2, 0.25) is 0 Å². The first-order chi connectivity index (χ1) is 28.4. The van der Waals surface area contributed by atoms with Gasteiger partial charge < -0.3 is 0 Å². The van der Waals surface area contributed by atoms with E-state index in [9.17, 15) is 0 Å². The molecule has 0 aliphatic carbocycles. The van der Waals surface area contributed by atoms with Crippen LogP contribution in [-0.2, 0) is 12.8 Å². The Labute approximate surface area is 378 Å². The maximum atomic E-state index is 4.52. The molecule has 1 heterocycles. The standard InChI is InChI=1S/C50H98N2S5/c1-3-5-7-9-11-13-21-27-33-39-45-53-55-47-41-35-29-23-17-15-19-25-31-37-43-49-51-52-50(57-49)44-38-32-26-20-16-18-24-30-36-42-48-56-54-46-40-34-28-22-14-12-10-8-6-4-2/h3-48H2,1-2H3. The van der Waals surface area contributed by atoms with Crippen molar-refractivity contribution >= 4 is 54.5 Å². The number of hydrogen-bond donors (Lipinski definition) is 0. The van der Waals surface area contributed by atoms with Crippen LogP contribution in [0, 0.1) is 0 Å². The van der Waals surface area contributed by atoms with Gasteiger partial charge in [-0.1, -0.05) is 275 Å². The van der Waals surface area contributed by atoms with E-state index in [1.54, 1.807) is 0 Å². The molecule has 0 aliphatic heterocycles. The largest absolute Gasteiger partial charge is 0.144 e. The fourth-order valence-corrected chi connectivity index (χ4v) is 13.2. The Hall–Kier alpha value is 0.960. The third-order valence-electron chi connectivity index (χ3n) is 11.6. The highest BCUT2D eigenvalue weighted by atomic mass is 33.1. The minimum atomic E-state index is 1.14. The van der Waals surface area contributed by atoms with E-state index >= 15 is 0 Å². The van der Waals surface area contributed by atoms with Gasteiger partial charge in [-0.15, -0.1) is 21.5 Å². The van der Waals surface area contributed by atoms with Crippen molar-refractivity contribution < 1.29 is 0 Å². The molecule has 0 fully saturated rings. The molecule has 1 aromatic rings. The van der Waals surface area contributed by atoms with Gasteiger partial charge in [0.1, 0.15) is 10.0 Å². The summed E-state index contributed by atoms with van der Waals surface area (Å²) in [6.45, 7) is 4.61. The average Bonchev–Trinajstić information content (AvgIpc) is 3.68. The molecule has 0 bridgehead atoms. The molecule has 0 unspecified atom stereocenters. The van der Waals surface area contributed by atoms with Crippen molar-refractivity contribution in [1.29, 1.82) is 0 Å². The van der Waals surface area contributed by atoms with E-state index in [0.717, 1.165) is 12.8 Å². The molecule has 1 aromatic heterocycles. The third kappa shape index (κ3) is 44.8. The van der Waals surface area contributed by atoms with Gasteiger partial charge >= 0.3 is 0 Å². The molecular formula is C50H98N2S5.